The van der Waals surface area contributed by atoms with Gasteiger partial charge in [-0.15, -0.1) is 0 Å². The van der Waals surface area contributed by atoms with Gasteiger partial charge in [0.1, 0.15) is 0 Å². The fourth-order valence-electron chi connectivity index (χ4n) is 2.31. The van der Waals surface area contributed by atoms with Crippen LogP contribution in [0.4, 0.5) is 0 Å². The van der Waals surface area contributed by atoms with E-state index in [4.69, 9.17) is 4.74 Å². The maximum Gasteiger partial charge on any atom is 0.0948 e. The van der Waals surface area contributed by atoms with Crippen molar-refractivity contribution in [3.8, 4) is 0 Å². The van der Waals surface area contributed by atoms with Crippen LogP contribution < -0.4 is 5.32 Å². The van der Waals surface area contributed by atoms with Crippen LogP contribution in [0, 0.1) is 0 Å². The van der Waals surface area contributed by atoms with Crippen LogP contribution in [0.25, 0.3) is 0 Å². The third kappa shape index (κ3) is 3.30. The maximum atomic E-state index is 6.08. The highest BCUT2D eigenvalue weighted by Gasteiger charge is 2.27. The minimum Gasteiger partial charge on any atom is -0.368 e. The Morgan fingerprint density at radius 2 is 2.47 bits per heavy atom. The number of nitrogens with zero attached hydrogens (tertiary/aromatic N) is 2. The molecule has 96 valence electrons. The molecule has 1 aliphatic heterocycles. The molecule has 1 aliphatic rings. The van der Waals surface area contributed by atoms with Crippen LogP contribution in [-0.2, 0) is 17.9 Å². The van der Waals surface area contributed by atoms with E-state index in [1.165, 1.54) is 12.1 Å². The van der Waals surface area contributed by atoms with Crippen LogP contribution in [0.3, 0.4) is 0 Å². The number of aromatic nitrogens is 2. The zero-order chi connectivity index (χ0) is 12.1. The predicted octanol–water partition coefficient (Wildman–Crippen LogP) is 1.95. The van der Waals surface area contributed by atoms with Crippen molar-refractivity contribution in [2.45, 2.75) is 51.9 Å². The summed E-state index contributed by atoms with van der Waals surface area (Å²) in [6.45, 7) is 8.13. The summed E-state index contributed by atoms with van der Waals surface area (Å²) in [5.74, 6) is 0. The normalized spacial score (nSPS) is 25.1. The second-order valence-corrected chi connectivity index (χ2v) is 5.10. The van der Waals surface area contributed by atoms with Gasteiger partial charge in [0.2, 0.25) is 0 Å². The van der Waals surface area contributed by atoms with E-state index in [0.717, 1.165) is 32.5 Å². The van der Waals surface area contributed by atoms with Gasteiger partial charge >= 0.3 is 0 Å². The molecule has 0 radical (unpaired) electrons. The van der Waals surface area contributed by atoms with Gasteiger partial charge in [-0.3, -0.25) is 0 Å². The van der Waals surface area contributed by atoms with Gasteiger partial charge in [0.15, 0.2) is 0 Å². The average Bonchev–Trinajstić information content (AvgIpc) is 2.76. The lowest BCUT2D eigenvalue weighted by Crippen LogP contribution is -2.45. The molecule has 1 unspecified atom stereocenters. The third-order valence-electron chi connectivity index (χ3n) is 3.39. The summed E-state index contributed by atoms with van der Waals surface area (Å²) in [4.78, 5) is 4.19. The Hall–Kier alpha value is -0.870. The minimum absolute atomic E-state index is 0.0143. The van der Waals surface area contributed by atoms with Gasteiger partial charge in [0.25, 0.3) is 0 Å². The van der Waals surface area contributed by atoms with E-state index in [9.17, 15) is 0 Å². The smallest absolute Gasteiger partial charge is 0.0948 e. The number of piperidine rings is 1. The van der Waals surface area contributed by atoms with Crippen LogP contribution in [0.15, 0.2) is 12.5 Å². The molecular formula is C13H23N3O. The Morgan fingerprint density at radius 1 is 1.59 bits per heavy atom. The molecule has 17 heavy (non-hydrogen) atoms. The molecule has 0 bridgehead atoms. The van der Waals surface area contributed by atoms with Crippen molar-refractivity contribution in [3.05, 3.63) is 18.2 Å². The van der Waals surface area contributed by atoms with Gasteiger partial charge in [0.05, 0.1) is 30.4 Å². The summed E-state index contributed by atoms with van der Waals surface area (Å²) in [6, 6.07) is 0. The Bertz CT molecular complexity index is 342. The lowest BCUT2D eigenvalue weighted by atomic mass is 9.96. The van der Waals surface area contributed by atoms with Crippen molar-refractivity contribution in [1.29, 1.82) is 0 Å². The van der Waals surface area contributed by atoms with Gasteiger partial charge in [-0.2, -0.15) is 0 Å². The summed E-state index contributed by atoms with van der Waals surface area (Å²) in [6.07, 6.45) is 7.27. The Labute approximate surface area is 103 Å². The summed E-state index contributed by atoms with van der Waals surface area (Å²) in [7, 11) is 0. The minimum atomic E-state index is -0.0143. The number of aryl methyl sites for hydroxylation is 1. The zero-order valence-corrected chi connectivity index (χ0v) is 10.9. The van der Waals surface area contributed by atoms with E-state index in [2.05, 4.69) is 28.7 Å². The van der Waals surface area contributed by atoms with Crippen molar-refractivity contribution in [2.24, 2.45) is 0 Å². The predicted molar refractivity (Wildman–Crippen MR) is 67.8 cm³/mol. The fraction of sp³-hybridized carbons (Fsp3) is 0.769. The average molecular weight is 237 g/mol. The Morgan fingerprint density at radius 3 is 3.18 bits per heavy atom. The molecule has 0 aliphatic carbocycles. The van der Waals surface area contributed by atoms with Gasteiger partial charge in [-0.05, 0) is 32.7 Å². The second kappa shape index (κ2) is 5.65. The SMILES string of the molecule is CCCn1cncc1COC1(C)CCCNC1. The Kier molecular flexibility index (Phi) is 4.18. The van der Waals surface area contributed by atoms with Crippen LogP contribution in [0.2, 0.25) is 0 Å². The van der Waals surface area contributed by atoms with Gasteiger partial charge in [-0.25, -0.2) is 4.98 Å². The van der Waals surface area contributed by atoms with Crippen LogP contribution in [0.5, 0.6) is 0 Å². The quantitative estimate of drug-likeness (QED) is 0.850. The van der Waals surface area contributed by atoms with Crippen molar-refractivity contribution in [3.63, 3.8) is 0 Å². The number of hydrogen-bond donors (Lipinski definition) is 1. The van der Waals surface area contributed by atoms with Crippen molar-refractivity contribution in [1.82, 2.24) is 14.9 Å². The van der Waals surface area contributed by atoms with E-state index < -0.39 is 0 Å². The highest BCUT2D eigenvalue weighted by Crippen LogP contribution is 2.21. The van der Waals surface area contributed by atoms with Crippen LogP contribution in [-0.4, -0.2) is 28.2 Å². The molecule has 0 spiro atoms. The standard InChI is InChI=1S/C13H23N3O/c1-3-7-16-11-15-8-12(16)9-17-13(2)5-4-6-14-10-13/h8,11,14H,3-7,9-10H2,1-2H3. The van der Waals surface area contributed by atoms with Gasteiger partial charge in [-0.1, -0.05) is 6.92 Å². The number of imidazole rings is 1. The first-order valence-electron chi connectivity index (χ1n) is 6.57. The monoisotopic (exact) mass is 237 g/mol. The van der Waals surface area contributed by atoms with Gasteiger partial charge < -0.3 is 14.6 Å². The number of ether oxygens (including phenoxy) is 1. The van der Waals surface area contributed by atoms with E-state index in [0.29, 0.717) is 6.61 Å². The molecule has 1 saturated heterocycles. The third-order valence-corrected chi connectivity index (χ3v) is 3.39. The molecule has 0 aromatic carbocycles. The first-order chi connectivity index (χ1) is 8.23. The number of hydrogen-bond acceptors (Lipinski definition) is 3. The van der Waals surface area contributed by atoms with E-state index in [1.54, 1.807) is 0 Å². The summed E-state index contributed by atoms with van der Waals surface area (Å²) in [5.41, 5.74) is 1.16. The molecule has 1 N–H and O–H groups in total. The topological polar surface area (TPSA) is 39.1 Å². The number of nitrogens with one attached hydrogen (secondary N) is 1. The molecule has 1 fully saturated rings. The zero-order valence-electron chi connectivity index (χ0n) is 10.9. The first kappa shape index (κ1) is 12.6. The Balaban J connectivity index is 1.90. The van der Waals surface area contributed by atoms with Crippen molar-refractivity contribution in [2.75, 3.05) is 13.1 Å². The largest absolute Gasteiger partial charge is 0.368 e. The van der Waals surface area contributed by atoms with Crippen molar-refractivity contribution < 1.29 is 4.74 Å². The second-order valence-electron chi connectivity index (χ2n) is 5.10. The number of rotatable bonds is 5. The first-order valence-corrected chi connectivity index (χ1v) is 6.57. The van der Waals surface area contributed by atoms with E-state index in [-0.39, 0.29) is 5.60 Å². The lowest BCUT2D eigenvalue weighted by Gasteiger charge is -2.34. The lowest BCUT2D eigenvalue weighted by molar-refractivity contribution is -0.0592. The summed E-state index contributed by atoms with van der Waals surface area (Å²) >= 11 is 0. The molecule has 0 saturated carbocycles. The molecular weight excluding hydrogens is 214 g/mol. The highest BCUT2D eigenvalue weighted by atomic mass is 16.5. The molecule has 0 amide bonds. The molecule has 1 aromatic rings. The van der Waals surface area contributed by atoms with E-state index >= 15 is 0 Å². The molecule has 1 aromatic heterocycles. The van der Waals surface area contributed by atoms with Crippen LogP contribution >= 0.6 is 0 Å². The summed E-state index contributed by atoms with van der Waals surface area (Å²) < 4.78 is 8.26. The highest BCUT2D eigenvalue weighted by molar-refractivity contribution is 4.97. The maximum absolute atomic E-state index is 6.08. The molecule has 4 heteroatoms. The molecule has 1 atom stereocenters. The molecule has 2 heterocycles. The van der Waals surface area contributed by atoms with Crippen molar-refractivity contribution >= 4 is 0 Å². The van der Waals surface area contributed by atoms with E-state index in [1.807, 2.05) is 12.5 Å². The van der Waals surface area contributed by atoms with Crippen LogP contribution in [0.1, 0.15) is 38.8 Å². The van der Waals surface area contributed by atoms with Gasteiger partial charge in [0, 0.05) is 13.1 Å². The molecule has 4 nitrogen and oxygen atoms in total. The fourth-order valence-corrected chi connectivity index (χ4v) is 2.31. The summed E-state index contributed by atoms with van der Waals surface area (Å²) in [5, 5.41) is 3.40. The molecule has 2 rings (SSSR count).